The Morgan fingerprint density at radius 2 is 1.46 bits per heavy atom. The second-order valence-electron chi connectivity index (χ2n) is 8.61. The van der Waals surface area contributed by atoms with E-state index in [9.17, 15) is 0 Å². The van der Waals surface area contributed by atoms with Crippen LogP contribution in [0.5, 0.6) is 0 Å². The molecule has 0 unspecified atom stereocenters. The van der Waals surface area contributed by atoms with E-state index in [4.69, 9.17) is 0 Å². The molecule has 0 bridgehead atoms. The summed E-state index contributed by atoms with van der Waals surface area (Å²) >= 11 is 0. The molecule has 2 aromatic carbocycles. The number of aryl methyl sites for hydroxylation is 1. The first kappa shape index (κ1) is 19.5. The highest BCUT2D eigenvalue weighted by atomic mass is 14.3. The molecule has 2 aromatic rings. The second kappa shape index (κ2) is 10.1. The maximum Gasteiger partial charge on any atom is -0.0162 e. The van der Waals surface area contributed by atoms with E-state index in [0.29, 0.717) is 0 Å². The van der Waals surface area contributed by atoms with Gasteiger partial charge in [0.15, 0.2) is 0 Å². The van der Waals surface area contributed by atoms with Gasteiger partial charge in [0.25, 0.3) is 0 Å². The number of hydrogen-bond donors (Lipinski definition) is 0. The first-order valence-electron chi connectivity index (χ1n) is 11.3. The van der Waals surface area contributed by atoms with Crippen molar-refractivity contribution >= 4 is 10.8 Å². The molecular formula is C26H38. The summed E-state index contributed by atoms with van der Waals surface area (Å²) in [4.78, 5) is 0. The van der Waals surface area contributed by atoms with Crippen LogP contribution in [0.25, 0.3) is 10.8 Å². The average Bonchev–Trinajstić information content (AvgIpc) is 2.69. The Kier molecular flexibility index (Phi) is 7.59. The van der Waals surface area contributed by atoms with Crippen molar-refractivity contribution in [1.82, 2.24) is 0 Å². The monoisotopic (exact) mass is 350 g/mol. The Morgan fingerprint density at radius 3 is 2.23 bits per heavy atom. The third-order valence-electron chi connectivity index (χ3n) is 6.53. The van der Waals surface area contributed by atoms with E-state index < -0.39 is 0 Å². The first-order valence-corrected chi connectivity index (χ1v) is 11.3. The van der Waals surface area contributed by atoms with E-state index in [1.807, 2.05) is 0 Å². The highest BCUT2D eigenvalue weighted by molar-refractivity contribution is 5.84. The quantitative estimate of drug-likeness (QED) is 0.398. The van der Waals surface area contributed by atoms with Gasteiger partial charge in [-0.25, -0.2) is 0 Å². The van der Waals surface area contributed by atoms with Gasteiger partial charge >= 0.3 is 0 Å². The summed E-state index contributed by atoms with van der Waals surface area (Å²) in [6, 6.07) is 14.4. The molecule has 0 atom stereocenters. The van der Waals surface area contributed by atoms with Gasteiger partial charge in [0.1, 0.15) is 0 Å². The van der Waals surface area contributed by atoms with Crippen molar-refractivity contribution in [2.45, 2.75) is 96.8 Å². The summed E-state index contributed by atoms with van der Waals surface area (Å²) in [5, 5.41) is 2.86. The standard InChI is InChI=1S/C26H38/c1-3-5-7-8-10-21-11-14-23(15-12-21)25-18-17-24-19-22(9-6-4-2)13-16-26(24)20-25/h13,16-21,23H,3-12,14-15H2,1-2H3/t21-,23-. The van der Waals surface area contributed by atoms with Gasteiger partial charge in [0, 0.05) is 0 Å². The molecule has 3 rings (SSSR count). The van der Waals surface area contributed by atoms with Gasteiger partial charge in [0.05, 0.1) is 0 Å². The number of unbranched alkanes of at least 4 members (excludes halogenated alkanes) is 4. The molecule has 142 valence electrons. The molecule has 0 amide bonds. The maximum atomic E-state index is 2.48. The van der Waals surface area contributed by atoms with Crippen LogP contribution in [0.2, 0.25) is 0 Å². The zero-order valence-corrected chi connectivity index (χ0v) is 17.1. The Bertz CT molecular complexity index is 661. The maximum absolute atomic E-state index is 2.48. The summed E-state index contributed by atoms with van der Waals surface area (Å²) in [5.74, 6) is 1.80. The smallest absolute Gasteiger partial charge is 0.0162 e. The van der Waals surface area contributed by atoms with Crippen LogP contribution in [-0.2, 0) is 6.42 Å². The summed E-state index contributed by atoms with van der Waals surface area (Å²) in [6.45, 7) is 4.58. The van der Waals surface area contributed by atoms with Crippen LogP contribution in [0, 0.1) is 5.92 Å². The van der Waals surface area contributed by atoms with Crippen molar-refractivity contribution in [1.29, 1.82) is 0 Å². The van der Waals surface area contributed by atoms with Gasteiger partial charge in [-0.3, -0.25) is 0 Å². The van der Waals surface area contributed by atoms with E-state index in [1.54, 1.807) is 5.56 Å². The molecule has 0 saturated heterocycles. The molecule has 1 fully saturated rings. The van der Waals surface area contributed by atoms with Gasteiger partial charge in [0.2, 0.25) is 0 Å². The van der Waals surface area contributed by atoms with Crippen molar-refractivity contribution in [2.75, 3.05) is 0 Å². The highest BCUT2D eigenvalue weighted by Crippen LogP contribution is 2.38. The van der Waals surface area contributed by atoms with Gasteiger partial charge in [-0.05, 0) is 72.3 Å². The zero-order valence-electron chi connectivity index (χ0n) is 17.1. The normalized spacial score (nSPS) is 20.5. The summed E-state index contributed by atoms with van der Waals surface area (Å²) in [6.07, 6.45) is 16.7. The lowest BCUT2D eigenvalue weighted by molar-refractivity contribution is 0.302. The molecule has 1 aliphatic carbocycles. The van der Waals surface area contributed by atoms with E-state index in [-0.39, 0.29) is 0 Å². The second-order valence-corrected chi connectivity index (χ2v) is 8.61. The van der Waals surface area contributed by atoms with Crippen LogP contribution in [0.1, 0.15) is 102 Å². The van der Waals surface area contributed by atoms with Crippen molar-refractivity contribution in [3.8, 4) is 0 Å². The molecule has 0 heteroatoms. The predicted octanol–water partition coefficient (Wildman–Crippen LogP) is 8.43. The fourth-order valence-electron chi connectivity index (χ4n) is 4.75. The van der Waals surface area contributed by atoms with E-state index in [0.717, 1.165) is 11.8 Å². The van der Waals surface area contributed by atoms with Crippen LogP contribution < -0.4 is 0 Å². The molecule has 1 saturated carbocycles. The Labute approximate surface area is 161 Å². The number of benzene rings is 2. The topological polar surface area (TPSA) is 0 Å². The lowest BCUT2D eigenvalue weighted by Gasteiger charge is -2.29. The lowest BCUT2D eigenvalue weighted by Crippen LogP contribution is -2.13. The molecule has 0 aromatic heterocycles. The Hall–Kier alpha value is -1.30. The summed E-state index contributed by atoms with van der Waals surface area (Å²) in [7, 11) is 0. The Balaban J connectivity index is 1.55. The minimum atomic E-state index is 0.797. The highest BCUT2D eigenvalue weighted by Gasteiger charge is 2.22. The molecule has 26 heavy (non-hydrogen) atoms. The van der Waals surface area contributed by atoms with Gasteiger partial charge in [-0.15, -0.1) is 0 Å². The predicted molar refractivity (Wildman–Crippen MR) is 116 cm³/mol. The minimum Gasteiger partial charge on any atom is -0.0654 e. The van der Waals surface area contributed by atoms with Gasteiger partial charge in [-0.1, -0.05) is 88.8 Å². The van der Waals surface area contributed by atoms with Gasteiger partial charge < -0.3 is 0 Å². The van der Waals surface area contributed by atoms with Crippen LogP contribution in [0.15, 0.2) is 36.4 Å². The molecular weight excluding hydrogens is 312 g/mol. The number of fused-ring (bicyclic) bond motifs is 1. The molecule has 0 nitrogen and oxygen atoms in total. The lowest BCUT2D eigenvalue weighted by atomic mass is 9.76. The van der Waals surface area contributed by atoms with Crippen molar-refractivity contribution in [3.63, 3.8) is 0 Å². The molecule has 0 radical (unpaired) electrons. The Morgan fingerprint density at radius 1 is 0.731 bits per heavy atom. The van der Waals surface area contributed by atoms with Crippen LogP contribution in [-0.4, -0.2) is 0 Å². The zero-order chi connectivity index (χ0) is 18.2. The van der Waals surface area contributed by atoms with Crippen molar-refractivity contribution in [2.24, 2.45) is 5.92 Å². The molecule has 1 aliphatic rings. The van der Waals surface area contributed by atoms with Crippen LogP contribution >= 0.6 is 0 Å². The molecule has 0 heterocycles. The first-order chi connectivity index (χ1) is 12.8. The fraction of sp³-hybridized carbons (Fsp3) is 0.615. The molecule has 0 N–H and O–H groups in total. The third kappa shape index (κ3) is 5.35. The number of rotatable bonds is 9. The molecule has 0 aliphatic heterocycles. The largest absolute Gasteiger partial charge is 0.0654 e. The third-order valence-corrected chi connectivity index (χ3v) is 6.53. The van der Waals surface area contributed by atoms with Crippen LogP contribution in [0.4, 0.5) is 0 Å². The van der Waals surface area contributed by atoms with E-state index in [2.05, 4.69) is 50.2 Å². The fourth-order valence-corrected chi connectivity index (χ4v) is 4.75. The van der Waals surface area contributed by atoms with Gasteiger partial charge in [-0.2, -0.15) is 0 Å². The minimum absolute atomic E-state index is 0.797. The van der Waals surface area contributed by atoms with E-state index >= 15 is 0 Å². The average molecular weight is 351 g/mol. The van der Waals surface area contributed by atoms with Crippen molar-refractivity contribution < 1.29 is 0 Å². The van der Waals surface area contributed by atoms with Crippen LogP contribution in [0.3, 0.4) is 0 Å². The van der Waals surface area contributed by atoms with Crippen molar-refractivity contribution in [3.05, 3.63) is 47.5 Å². The molecule has 0 spiro atoms. The number of hydrogen-bond acceptors (Lipinski definition) is 0. The SMILES string of the molecule is CCCCCC[C@H]1CC[C@H](c2ccc3cc(CCCC)ccc3c2)CC1. The summed E-state index contributed by atoms with van der Waals surface area (Å²) in [5.41, 5.74) is 3.08. The summed E-state index contributed by atoms with van der Waals surface area (Å²) < 4.78 is 0. The van der Waals surface area contributed by atoms with E-state index in [1.165, 1.54) is 93.4 Å².